The fraction of sp³-hybridized carbons (Fsp3) is 0.211. The van der Waals surface area contributed by atoms with Crippen LogP contribution in [0.2, 0.25) is 0 Å². The Labute approximate surface area is 164 Å². The number of nitrogens with one attached hydrogen (secondary N) is 2. The molecule has 0 fully saturated rings. The number of anilines is 1. The number of fused-ring (bicyclic) bond motifs is 2. The first kappa shape index (κ1) is 17.5. The number of carbonyl (C=O) groups is 1. The van der Waals surface area contributed by atoms with E-state index in [2.05, 4.69) is 45.1 Å². The van der Waals surface area contributed by atoms with Gasteiger partial charge in [0.1, 0.15) is 11.5 Å². The summed E-state index contributed by atoms with van der Waals surface area (Å²) in [4.78, 5) is 19.6. The van der Waals surface area contributed by atoms with E-state index in [0.717, 1.165) is 37.7 Å². The van der Waals surface area contributed by atoms with Gasteiger partial charge in [-0.3, -0.25) is 9.48 Å². The molecule has 0 spiro atoms. The van der Waals surface area contributed by atoms with Gasteiger partial charge in [0.05, 0.1) is 21.1 Å². The number of benzene rings is 1. The normalized spacial score (nSPS) is 11.6. The molecule has 0 saturated carbocycles. The van der Waals surface area contributed by atoms with Crippen molar-refractivity contribution in [2.24, 2.45) is 0 Å². The summed E-state index contributed by atoms with van der Waals surface area (Å²) in [6.45, 7) is 4.14. The zero-order chi connectivity index (χ0) is 19.3. The Morgan fingerprint density at radius 2 is 2.11 bits per heavy atom. The molecule has 4 aromatic rings. The van der Waals surface area contributed by atoms with Crippen molar-refractivity contribution in [3.63, 3.8) is 0 Å². The van der Waals surface area contributed by atoms with E-state index in [1.54, 1.807) is 19.3 Å². The van der Waals surface area contributed by atoms with Gasteiger partial charge in [-0.25, -0.2) is 4.98 Å². The first-order chi connectivity index (χ1) is 12.9. The van der Waals surface area contributed by atoms with Crippen LogP contribution in [0.25, 0.3) is 33.2 Å². The Morgan fingerprint density at radius 1 is 1.33 bits per heavy atom. The number of amides is 1. The predicted octanol–water partition coefficient (Wildman–Crippen LogP) is 3.86. The second-order valence-electron chi connectivity index (χ2n) is 6.63. The Balaban J connectivity index is 2.00. The minimum Gasteiger partial charge on any atom is -0.383 e. The van der Waals surface area contributed by atoms with Crippen LogP contribution in [0.15, 0.2) is 34.9 Å². The number of aromatic nitrogens is 4. The van der Waals surface area contributed by atoms with E-state index >= 15 is 0 Å². The number of rotatable bonds is 3. The first-order valence-corrected chi connectivity index (χ1v) is 9.38. The SMILES string of the molecule is CNC(=O)c1ccc2c(Br)c(-c3nn(C(C)C)c4ccnc(N)c34)[nH]c2c1. The predicted molar refractivity (Wildman–Crippen MR) is 111 cm³/mol. The molecule has 0 aliphatic carbocycles. The van der Waals surface area contributed by atoms with Gasteiger partial charge in [-0.05, 0) is 48.0 Å². The lowest BCUT2D eigenvalue weighted by Gasteiger charge is -2.06. The molecular weight excluding hydrogens is 408 g/mol. The Morgan fingerprint density at radius 3 is 2.81 bits per heavy atom. The van der Waals surface area contributed by atoms with Crippen molar-refractivity contribution >= 4 is 49.5 Å². The third-order valence-electron chi connectivity index (χ3n) is 4.60. The van der Waals surface area contributed by atoms with E-state index in [1.165, 1.54) is 0 Å². The molecule has 0 aliphatic rings. The molecule has 0 radical (unpaired) electrons. The summed E-state index contributed by atoms with van der Waals surface area (Å²) in [6.07, 6.45) is 1.69. The maximum Gasteiger partial charge on any atom is 0.251 e. The van der Waals surface area contributed by atoms with Gasteiger partial charge in [0.15, 0.2) is 0 Å². The maximum atomic E-state index is 11.9. The lowest BCUT2D eigenvalue weighted by molar-refractivity contribution is 0.0963. The number of nitrogens with zero attached hydrogens (tertiary/aromatic N) is 3. The van der Waals surface area contributed by atoms with Crippen molar-refractivity contribution < 1.29 is 4.79 Å². The van der Waals surface area contributed by atoms with Crippen molar-refractivity contribution in [2.45, 2.75) is 19.9 Å². The third kappa shape index (κ3) is 2.68. The quantitative estimate of drug-likeness (QED) is 0.462. The van der Waals surface area contributed by atoms with Gasteiger partial charge < -0.3 is 16.0 Å². The summed E-state index contributed by atoms with van der Waals surface area (Å²) in [6, 6.07) is 7.62. The van der Waals surface area contributed by atoms with Gasteiger partial charge in [0.2, 0.25) is 0 Å². The fourth-order valence-electron chi connectivity index (χ4n) is 3.29. The zero-order valence-electron chi connectivity index (χ0n) is 15.2. The fourth-order valence-corrected chi connectivity index (χ4v) is 3.93. The standard InChI is InChI=1S/C19H19BrN6O/c1-9(2)26-13-6-7-23-18(21)14(13)16(25-26)17-15(20)11-5-4-10(19(27)22-3)8-12(11)24-17/h4-9,24H,1-3H3,(H2,21,23)(H,22,27). The molecule has 4 rings (SSSR count). The molecule has 4 N–H and O–H groups in total. The Hall–Kier alpha value is -2.87. The number of H-pyrrole nitrogens is 1. The van der Waals surface area contributed by atoms with Crippen LogP contribution in [0.1, 0.15) is 30.2 Å². The Bertz CT molecular complexity index is 1190. The topological polar surface area (TPSA) is 102 Å². The molecular formula is C19H19BrN6O. The van der Waals surface area contributed by atoms with Crippen LogP contribution >= 0.6 is 15.9 Å². The summed E-state index contributed by atoms with van der Waals surface area (Å²) in [5.41, 5.74) is 10.1. The maximum absolute atomic E-state index is 11.9. The van der Waals surface area contributed by atoms with Crippen molar-refractivity contribution in [1.82, 2.24) is 25.1 Å². The number of aromatic amines is 1. The number of halogens is 1. The summed E-state index contributed by atoms with van der Waals surface area (Å²) in [5, 5.41) is 9.22. The summed E-state index contributed by atoms with van der Waals surface area (Å²) in [7, 11) is 1.61. The highest BCUT2D eigenvalue weighted by Gasteiger charge is 2.21. The number of carbonyl (C=O) groups excluding carboxylic acids is 1. The Kier molecular flexibility index (Phi) is 4.15. The molecule has 7 nitrogen and oxygen atoms in total. The first-order valence-electron chi connectivity index (χ1n) is 8.58. The molecule has 27 heavy (non-hydrogen) atoms. The third-order valence-corrected chi connectivity index (χ3v) is 5.42. The second kappa shape index (κ2) is 6.38. The van der Waals surface area contributed by atoms with E-state index in [1.807, 2.05) is 22.9 Å². The van der Waals surface area contributed by atoms with Crippen LogP contribution in [-0.2, 0) is 0 Å². The summed E-state index contributed by atoms with van der Waals surface area (Å²) in [5.74, 6) is 0.304. The lowest BCUT2D eigenvalue weighted by Crippen LogP contribution is -2.17. The summed E-state index contributed by atoms with van der Waals surface area (Å²) >= 11 is 3.68. The van der Waals surface area contributed by atoms with Gasteiger partial charge in [0.25, 0.3) is 5.91 Å². The minimum atomic E-state index is -0.132. The van der Waals surface area contributed by atoms with E-state index in [-0.39, 0.29) is 11.9 Å². The van der Waals surface area contributed by atoms with Gasteiger partial charge in [-0.2, -0.15) is 5.10 Å². The van der Waals surface area contributed by atoms with Crippen LogP contribution in [0.5, 0.6) is 0 Å². The largest absolute Gasteiger partial charge is 0.383 e. The van der Waals surface area contributed by atoms with Crippen LogP contribution in [0, 0.1) is 0 Å². The highest BCUT2D eigenvalue weighted by molar-refractivity contribution is 9.10. The van der Waals surface area contributed by atoms with E-state index in [9.17, 15) is 4.79 Å². The van der Waals surface area contributed by atoms with Gasteiger partial charge in [-0.15, -0.1) is 0 Å². The molecule has 138 valence electrons. The number of hydrogen-bond acceptors (Lipinski definition) is 4. The molecule has 0 aliphatic heterocycles. The van der Waals surface area contributed by atoms with Gasteiger partial charge in [0, 0.05) is 35.8 Å². The zero-order valence-corrected chi connectivity index (χ0v) is 16.8. The molecule has 3 heterocycles. The highest BCUT2D eigenvalue weighted by atomic mass is 79.9. The molecule has 8 heteroatoms. The average molecular weight is 427 g/mol. The van der Waals surface area contributed by atoms with Crippen LogP contribution in [0.4, 0.5) is 5.82 Å². The van der Waals surface area contributed by atoms with Crippen LogP contribution < -0.4 is 11.1 Å². The number of nitrogens with two attached hydrogens (primary N) is 1. The second-order valence-corrected chi connectivity index (χ2v) is 7.42. The highest BCUT2D eigenvalue weighted by Crippen LogP contribution is 2.39. The van der Waals surface area contributed by atoms with Crippen molar-refractivity contribution in [2.75, 3.05) is 12.8 Å². The lowest BCUT2D eigenvalue weighted by atomic mass is 10.1. The number of nitrogen functional groups attached to an aromatic ring is 1. The van der Waals surface area contributed by atoms with E-state index in [4.69, 9.17) is 10.8 Å². The smallest absolute Gasteiger partial charge is 0.251 e. The molecule has 0 atom stereocenters. The number of pyridine rings is 1. The van der Waals surface area contributed by atoms with Crippen LogP contribution in [0.3, 0.4) is 0 Å². The van der Waals surface area contributed by atoms with Crippen LogP contribution in [-0.4, -0.2) is 32.7 Å². The summed E-state index contributed by atoms with van der Waals surface area (Å²) < 4.78 is 2.82. The van der Waals surface area contributed by atoms with Crippen molar-refractivity contribution in [1.29, 1.82) is 0 Å². The van der Waals surface area contributed by atoms with Gasteiger partial charge in [-0.1, -0.05) is 6.07 Å². The molecule has 0 unspecified atom stereocenters. The average Bonchev–Trinajstić information content (AvgIpc) is 3.20. The monoisotopic (exact) mass is 426 g/mol. The molecule has 0 bridgehead atoms. The van der Waals surface area contributed by atoms with Crippen molar-refractivity contribution in [3.8, 4) is 11.4 Å². The molecule has 0 saturated heterocycles. The van der Waals surface area contributed by atoms with E-state index in [0.29, 0.717) is 11.4 Å². The molecule has 1 aromatic carbocycles. The number of hydrogen-bond donors (Lipinski definition) is 3. The molecule has 3 aromatic heterocycles. The van der Waals surface area contributed by atoms with Crippen molar-refractivity contribution in [3.05, 3.63) is 40.5 Å². The molecule has 1 amide bonds. The van der Waals surface area contributed by atoms with E-state index < -0.39 is 0 Å². The van der Waals surface area contributed by atoms with Gasteiger partial charge >= 0.3 is 0 Å². The minimum absolute atomic E-state index is 0.132.